The second kappa shape index (κ2) is 4.87. The van der Waals surface area contributed by atoms with Crippen LogP contribution in [0.4, 0.5) is 10.1 Å². The smallest absolute Gasteiger partial charge is 0.359 e. The Morgan fingerprint density at radius 3 is 2.83 bits per heavy atom. The summed E-state index contributed by atoms with van der Waals surface area (Å²) in [5.41, 5.74) is 6.29. The van der Waals surface area contributed by atoms with Crippen LogP contribution in [0.5, 0.6) is 0 Å². The summed E-state index contributed by atoms with van der Waals surface area (Å²) in [7, 11) is 1.58. The van der Waals surface area contributed by atoms with Crippen LogP contribution in [0.3, 0.4) is 0 Å². The number of nitrogens with two attached hydrogens (primary N) is 1. The molecule has 0 amide bonds. The Labute approximate surface area is 103 Å². The third-order valence-electron chi connectivity index (χ3n) is 2.48. The molecule has 0 saturated carbocycles. The molecule has 6 heteroatoms. The molecule has 94 valence electrons. The molecule has 0 fully saturated rings. The van der Waals surface area contributed by atoms with Crippen LogP contribution in [0.2, 0.25) is 0 Å². The number of hydrogen-bond donors (Lipinski definition) is 1. The maximum absolute atomic E-state index is 13.3. The highest BCUT2D eigenvalue weighted by molar-refractivity contribution is 5.92. The lowest BCUT2D eigenvalue weighted by atomic mass is 10.2. The van der Waals surface area contributed by atoms with E-state index in [0.717, 1.165) is 0 Å². The maximum atomic E-state index is 13.3. The van der Waals surface area contributed by atoms with Crippen molar-refractivity contribution in [1.82, 2.24) is 9.78 Å². The fourth-order valence-corrected chi connectivity index (χ4v) is 1.53. The molecule has 1 aromatic heterocycles. The summed E-state index contributed by atoms with van der Waals surface area (Å²) < 4.78 is 19.6. The molecule has 0 spiro atoms. The van der Waals surface area contributed by atoms with Gasteiger partial charge in [-0.2, -0.15) is 5.10 Å². The summed E-state index contributed by atoms with van der Waals surface area (Å²) in [6, 6.07) is 6.10. The van der Waals surface area contributed by atoms with Crippen molar-refractivity contribution in [3.8, 4) is 0 Å². The van der Waals surface area contributed by atoms with E-state index in [-0.39, 0.29) is 18.0 Å². The number of nitrogen functional groups attached to an aromatic ring is 1. The number of esters is 1. The second-order valence-corrected chi connectivity index (χ2v) is 3.74. The van der Waals surface area contributed by atoms with Gasteiger partial charge in [0.05, 0.1) is 11.9 Å². The number of rotatable bonds is 3. The average Bonchev–Trinajstić information content (AvgIpc) is 2.68. The number of halogens is 1. The number of benzene rings is 1. The quantitative estimate of drug-likeness (QED) is 0.837. The molecule has 0 aliphatic heterocycles. The van der Waals surface area contributed by atoms with Crippen molar-refractivity contribution in [3.63, 3.8) is 0 Å². The van der Waals surface area contributed by atoms with Crippen molar-refractivity contribution in [2.75, 3.05) is 5.73 Å². The molecule has 0 bridgehead atoms. The lowest BCUT2D eigenvalue weighted by molar-refractivity contribution is 0.0457. The van der Waals surface area contributed by atoms with E-state index in [4.69, 9.17) is 10.5 Å². The van der Waals surface area contributed by atoms with Crippen molar-refractivity contribution in [2.45, 2.75) is 6.61 Å². The SMILES string of the molecule is Cn1ncc(N)c1C(=O)OCc1ccccc1F. The molecular weight excluding hydrogens is 237 g/mol. The standard InChI is InChI=1S/C12H12FN3O2/c1-16-11(10(14)6-15-16)12(17)18-7-8-4-2-3-5-9(8)13/h2-6H,7,14H2,1H3. The molecule has 0 radical (unpaired) electrons. The molecule has 2 rings (SSSR count). The number of aromatic nitrogens is 2. The van der Waals surface area contributed by atoms with Crippen LogP contribution in [0.1, 0.15) is 16.1 Å². The summed E-state index contributed by atoms with van der Waals surface area (Å²) in [4.78, 5) is 11.7. The first-order valence-corrected chi connectivity index (χ1v) is 5.27. The second-order valence-electron chi connectivity index (χ2n) is 3.74. The fraction of sp³-hybridized carbons (Fsp3) is 0.167. The first kappa shape index (κ1) is 12.1. The monoisotopic (exact) mass is 249 g/mol. The van der Waals surface area contributed by atoms with Crippen molar-refractivity contribution in [2.24, 2.45) is 7.05 Å². The van der Waals surface area contributed by atoms with Gasteiger partial charge >= 0.3 is 5.97 Å². The van der Waals surface area contributed by atoms with E-state index in [1.165, 1.54) is 16.9 Å². The van der Waals surface area contributed by atoms with Crippen LogP contribution in [0.25, 0.3) is 0 Å². The Balaban J connectivity index is 2.08. The zero-order valence-corrected chi connectivity index (χ0v) is 9.76. The van der Waals surface area contributed by atoms with E-state index in [2.05, 4.69) is 5.10 Å². The molecule has 0 saturated heterocycles. The minimum atomic E-state index is -0.629. The summed E-state index contributed by atoms with van der Waals surface area (Å²) in [6.07, 6.45) is 1.36. The number of hydrogen-bond acceptors (Lipinski definition) is 4. The Morgan fingerprint density at radius 1 is 1.50 bits per heavy atom. The van der Waals surface area contributed by atoms with Gasteiger partial charge in [-0.15, -0.1) is 0 Å². The highest BCUT2D eigenvalue weighted by atomic mass is 19.1. The van der Waals surface area contributed by atoms with Gasteiger partial charge in [-0.3, -0.25) is 4.68 Å². The van der Waals surface area contributed by atoms with Gasteiger partial charge in [-0.05, 0) is 6.07 Å². The van der Waals surface area contributed by atoms with Crippen LogP contribution in [0.15, 0.2) is 30.5 Å². The van der Waals surface area contributed by atoms with Gasteiger partial charge in [-0.1, -0.05) is 18.2 Å². The van der Waals surface area contributed by atoms with Crippen molar-refractivity contribution < 1.29 is 13.9 Å². The first-order chi connectivity index (χ1) is 8.59. The third kappa shape index (κ3) is 2.32. The van der Waals surface area contributed by atoms with Crippen molar-refractivity contribution in [1.29, 1.82) is 0 Å². The van der Waals surface area contributed by atoms with E-state index in [1.54, 1.807) is 25.2 Å². The predicted octanol–water partition coefficient (Wildman–Crippen LogP) is 1.50. The minimum absolute atomic E-state index is 0.143. The van der Waals surface area contributed by atoms with Crippen LogP contribution in [-0.4, -0.2) is 15.7 Å². The third-order valence-corrected chi connectivity index (χ3v) is 2.48. The lowest BCUT2D eigenvalue weighted by Gasteiger charge is -2.06. The molecule has 2 aromatic rings. The van der Waals surface area contributed by atoms with E-state index in [9.17, 15) is 9.18 Å². The molecule has 18 heavy (non-hydrogen) atoms. The number of anilines is 1. The van der Waals surface area contributed by atoms with Gasteiger partial charge in [0.2, 0.25) is 0 Å². The largest absolute Gasteiger partial charge is 0.456 e. The Kier molecular flexibility index (Phi) is 3.27. The van der Waals surface area contributed by atoms with Crippen LogP contribution in [0, 0.1) is 5.82 Å². The molecule has 5 nitrogen and oxygen atoms in total. The average molecular weight is 249 g/mol. The predicted molar refractivity (Wildman–Crippen MR) is 63.1 cm³/mol. The molecule has 2 N–H and O–H groups in total. The Morgan fingerprint density at radius 2 is 2.22 bits per heavy atom. The maximum Gasteiger partial charge on any atom is 0.359 e. The summed E-state index contributed by atoms with van der Waals surface area (Å²) in [5, 5.41) is 3.83. The number of nitrogens with zero attached hydrogens (tertiary/aromatic N) is 2. The van der Waals surface area contributed by atoms with Gasteiger partial charge in [0.15, 0.2) is 5.69 Å². The fourth-order valence-electron chi connectivity index (χ4n) is 1.53. The zero-order valence-electron chi connectivity index (χ0n) is 9.76. The number of carbonyl (C=O) groups is 1. The lowest BCUT2D eigenvalue weighted by Crippen LogP contribution is -2.13. The summed E-state index contributed by atoms with van der Waals surface area (Å²) in [5.74, 6) is -1.04. The number of aryl methyl sites for hydroxylation is 1. The number of carbonyl (C=O) groups excluding carboxylic acids is 1. The van der Waals surface area contributed by atoms with Crippen molar-refractivity contribution >= 4 is 11.7 Å². The molecule has 0 aliphatic carbocycles. The molecule has 0 aliphatic rings. The van der Waals surface area contributed by atoms with Gasteiger partial charge in [0, 0.05) is 12.6 Å². The van der Waals surface area contributed by atoms with Gasteiger partial charge < -0.3 is 10.5 Å². The van der Waals surface area contributed by atoms with Crippen molar-refractivity contribution in [3.05, 3.63) is 47.5 Å². The van der Waals surface area contributed by atoms with Gasteiger partial charge in [0.1, 0.15) is 12.4 Å². The van der Waals surface area contributed by atoms with Crippen LogP contribution in [-0.2, 0) is 18.4 Å². The molecule has 1 aromatic carbocycles. The van der Waals surface area contributed by atoms with E-state index in [0.29, 0.717) is 5.56 Å². The van der Waals surface area contributed by atoms with E-state index in [1.807, 2.05) is 0 Å². The Hall–Kier alpha value is -2.37. The van der Waals surface area contributed by atoms with Crippen LogP contribution < -0.4 is 5.73 Å². The molecule has 0 atom stereocenters. The number of ether oxygens (including phenoxy) is 1. The Bertz CT molecular complexity index is 561. The normalized spacial score (nSPS) is 10.3. The summed E-state index contributed by atoms with van der Waals surface area (Å²) >= 11 is 0. The van der Waals surface area contributed by atoms with E-state index < -0.39 is 11.8 Å². The van der Waals surface area contributed by atoms with E-state index >= 15 is 0 Å². The minimum Gasteiger partial charge on any atom is -0.456 e. The highest BCUT2D eigenvalue weighted by Crippen LogP contribution is 2.13. The molecule has 1 heterocycles. The molecule has 0 unspecified atom stereocenters. The first-order valence-electron chi connectivity index (χ1n) is 5.27. The topological polar surface area (TPSA) is 70.1 Å². The molecular formula is C12H12FN3O2. The van der Waals surface area contributed by atoms with Gasteiger partial charge in [0.25, 0.3) is 0 Å². The highest BCUT2D eigenvalue weighted by Gasteiger charge is 2.16. The summed E-state index contributed by atoms with van der Waals surface area (Å²) in [6.45, 7) is -0.143. The van der Waals surface area contributed by atoms with Gasteiger partial charge in [-0.25, -0.2) is 9.18 Å². The van der Waals surface area contributed by atoms with Crippen LogP contribution >= 0.6 is 0 Å². The zero-order chi connectivity index (χ0) is 13.1.